The predicted octanol–water partition coefficient (Wildman–Crippen LogP) is 4.96. The van der Waals surface area contributed by atoms with Gasteiger partial charge in [-0.2, -0.15) is 0 Å². The number of nitrogens with one attached hydrogen (secondary N) is 1. The van der Waals surface area contributed by atoms with Crippen molar-refractivity contribution in [1.82, 2.24) is 10.2 Å². The standard InChI is InChI=1S/C20H28N2.C2H6/c1-5-7-16(3)19(6-2)20-14-18(9-8-17(20)4)15-22-12-10-21-11-13-22;1-2/h5-9,14,21H,2,10-13,15H2,1,3-4H3;1-2H3/b7-5-,19-16+;. The van der Waals surface area contributed by atoms with Crippen LogP contribution >= 0.6 is 0 Å². The normalized spacial score (nSPS) is 16.4. The van der Waals surface area contributed by atoms with Gasteiger partial charge in [-0.05, 0) is 54.7 Å². The molecule has 0 spiro atoms. The molecule has 0 aromatic heterocycles. The third-order valence-corrected chi connectivity index (χ3v) is 4.25. The third-order valence-electron chi connectivity index (χ3n) is 4.25. The van der Waals surface area contributed by atoms with E-state index in [0.29, 0.717) is 0 Å². The quantitative estimate of drug-likeness (QED) is 0.769. The third kappa shape index (κ3) is 5.77. The zero-order chi connectivity index (χ0) is 17.9. The number of aryl methyl sites for hydroxylation is 1. The van der Waals surface area contributed by atoms with Gasteiger partial charge in [0.15, 0.2) is 0 Å². The van der Waals surface area contributed by atoms with Crippen molar-refractivity contribution in [3.05, 3.63) is 65.3 Å². The Balaban J connectivity index is 0.00000139. The fourth-order valence-corrected chi connectivity index (χ4v) is 3.01. The Bertz CT molecular complexity index is 576. The lowest BCUT2D eigenvalue weighted by Gasteiger charge is -2.27. The Morgan fingerprint density at radius 1 is 1.25 bits per heavy atom. The lowest BCUT2D eigenvalue weighted by molar-refractivity contribution is 0.233. The van der Waals surface area contributed by atoms with Gasteiger partial charge in [-0.15, -0.1) is 0 Å². The summed E-state index contributed by atoms with van der Waals surface area (Å²) in [7, 11) is 0. The van der Waals surface area contributed by atoms with Gasteiger partial charge in [0.25, 0.3) is 0 Å². The number of benzene rings is 1. The average Bonchev–Trinajstić information content (AvgIpc) is 2.61. The summed E-state index contributed by atoms with van der Waals surface area (Å²) in [5.74, 6) is 0. The molecule has 0 amide bonds. The van der Waals surface area contributed by atoms with Crippen LogP contribution in [0.1, 0.15) is 44.4 Å². The van der Waals surface area contributed by atoms with Gasteiger partial charge in [0.05, 0.1) is 0 Å². The molecule has 0 aliphatic carbocycles. The van der Waals surface area contributed by atoms with E-state index in [-0.39, 0.29) is 0 Å². The van der Waals surface area contributed by atoms with Crippen LogP contribution in [-0.4, -0.2) is 31.1 Å². The van der Waals surface area contributed by atoms with Crippen LogP contribution in [0.3, 0.4) is 0 Å². The summed E-state index contributed by atoms with van der Waals surface area (Å²) in [5.41, 5.74) is 6.49. The van der Waals surface area contributed by atoms with Gasteiger partial charge in [-0.25, -0.2) is 0 Å². The fourth-order valence-electron chi connectivity index (χ4n) is 3.01. The van der Waals surface area contributed by atoms with Crippen molar-refractivity contribution < 1.29 is 0 Å². The van der Waals surface area contributed by atoms with Crippen LogP contribution in [0.5, 0.6) is 0 Å². The zero-order valence-electron chi connectivity index (χ0n) is 16.2. The summed E-state index contributed by atoms with van der Waals surface area (Å²) in [6.07, 6.45) is 6.21. The summed E-state index contributed by atoms with van der Waals surface area (Å²) >= 11 is 0. The van der Waals surface area contributed by atoms with E-state index < -0.39 is 0 Å². The molecule has 2 nitrogen and oxygen atoms in total. The van der Waals surface area contributed by atoms with Crippen molar-refractivity contribution in [3.8, 4) is 0 Å². The minimum absolute atomic E-state index is 1.03. The molecule has 132 valence electrons. The van der Waals surface area contributed by atoms with Crippen molar-refractivity contribution in [2.24, 2.45) is 0 Å². The molecule has 1 aliphatic rings. The highest BCUT2D eigenvalue weighted by Crippen LogP contribution is 2.25. The van der Waals surface area contributed by atoms with E-state index in [1.54, 1.807) is 0 Å². The van der Waals surface area contributed by atoms with E-state index in [9.17, 15) is 0 Å². The molecule has 1 saturated heterocycles. The summed E-state index contributed by atoms with van der Waals surface area (Å²) < 4.78 is 0. The number of hydrogen-bond donors (Lipinski definition) is 1. The van der Waals surface area contributed by atoms with E-state index in [2.05, 4.69) is 67.9 Å². The maximum Gasteiger partial charge on any atom is 0.0235 e. The smallest absolute Gasteiger partial charge is 0.0235 e. The Morgan fingerprint density at radius 2 is 1.92 bits per heavy atom. The molecule has 2 rings (SSSR count). The number of piperazine rings is 1. The average molecular weight is 327 g/mol. The monoisotopic (exact) mass is 326 g/mol. The first kappa shape index (κ1) is 20.4. The highest BCUT2D eigenvalue weighted by Gasteiger charge is 2.11. The molecule has 1 heterocycles. The SMILES string of the molecule is C=C/C(=C(C)\C=C/C)c1cc(CN2CCNCC2)ccc1C.CC. The van der Waals surface area contributed by atoms with E-state index in [0.717, 1.165) is 32.7 Å². The second-order valence-electron chi connectivity index (χ2n) is 5.98. The molecule has 24 heavy (non-hydrogen) atoms. The summed E-state index contributed by atoms with van der Waals surface area (Å²) in [6.45, 7) is 19.9. The topological polar surface area (TPSA) is 15.3 Å². The van der Waals surface area contributed by atoms with Gasteiger partial charge in [-0.1, -0.05) is 50.8 Å². The Labute approximate surface area is 149 Å². The van der Waals surface area contributed by atoms with Gasteiger partial charge >= 0.3 is 0 Å². The molecule has 0 atom stereocenters. The Morgan fingerprint density at radius 3 is 2.50 bits per heavy atom. The van der Waals surface area contributed by atoms with Gasteiger partial charge in [-0.3, -0.25) is 4.90 Å². The summed E-state index contributed by atoms with van der Waals surface area (Å²) in [5, 5.41) is 3.41. The number of rotatable bonds is 5. The van der Waals surface area contributed by atoms with Crippen LogP contribution in [0, 0.1) is 6.92 Å². The van der Waals surface area contributed by atoms with Gasteiger partial charge in [0, 0.05) is 32.7 Å². The van der Waals surface area contributed by atoms with E-state index in [1.165, 1.54) is 27.8 Å². The highest BCUT2D eigenvalue weighted by molar-refractivity contribution is 5.79. The minimum Gasteiger partial charge on any atom is -0.314 e. The van der Waals surface area contributed by atoms with Crippen LogP contribution in [0.2, 0.25) is 0 Å². The molecule has 1 aliphatic heterocycles. The van der Waals surface area contributed by atoms with Crippen LogP contribution < -0.4 is 5.32 Å². The van der Waals surface area contributed by atoms with Crippen molar-refractivity contribution in [1.29, 1.82) is 0 Å². The predicted molar refractivity (Wildman–Crippen MR) is 108 cm³/mol. The lowest BCUT2D eigenvalue weighted by Crippen LogP contribution is -2.42. The first-order valence-electron chi connectivity index (χ1n) is 9.14. The van der Waals surface area contributed by atoms with Crippen LogP contribution in [-0.2, 0) is 6.54 Å². The van der Waals surface area contributed by atoms with E-state index in [1.807, 2.05) is 19.9 Å². The zero-order valence-corrected chi connectivity index (χ0v) is 16.2. The number of nitrogens with zero attached hydrogens (tertiary/aromatic N) is 1. The molecular weight excluding hydrogens is 292 g/mol. The van der Waals surface area contributed by atoms with Gasteiger partial charge < -0.3 is 5.32 Å². The first-order chi connectivity index (χ1) is 11.7. The molecule has 1 aromatic carbocycles. The first-order valence-corrected chi connectivity index (χ1v) is 9.14. The molecule has 1 N–H and O–H groups in total. The number of allylic oxidation sites excluding steroid dienone is 5. The van der Waals surface area contributed by atoms with E-state index >= 15 is 0 Å². The molecule has 1 aromatic rings. The molecular formula is C22H34N2. The molecule has 0 radical (unpaired) electrons. The van der Waals surface area contributed by atoms with Crippen molar-refractivity contribution >= 4 is 5.57 Å². The Hall–Kier alpha value is -1.64. The van der Waals surface area contributed by atoms with Crippen molar-refractivity contribution in [3.63, 3.8) is 0 Å². The van der Waals surface area contributed by atoms with Gasteiger partial charge in [0.2, 0.25) is 0 Å². The lowest BCUT2D eigenvalue weighted by atomic mass is 9.94. The minimum atomic E-state index is 1.03. The molecule has 2 heteroatoms. The van der Waals surface area contributed by atoms with Crippen LogP contribution in [0.4, 0.5) is 0 Å². The van der Waals surface area contributed by atoms with E-state index in [4.69, 9.17) is 0 Å². The molecule has 0 bridgehead atoms. The second kappa shape index (κ2) is 11.0. The maximum atomic E-state index is 4.02. The fraction of sp³-hybridized carbons (Fsp3) is 0.455. The summed E-state index contributed by atoms with van der Waals surface area (Å²) in [6, 6.07) is 6.83. The highest BCUT2D eigenvalue weighted by atomic mass is 15.2. The summed E-state index contributed by atoms with van der Waals surface area (Å²) in [4.78, 5) is 2.51. The van der Waals surface area contributed by atoms with Crippen LogP contribution in [0.15, 0.2) is 48.6 Å². The molecule has 0 unspecified atom stereocenters. The largest absolute Gasteiger partial charge is 0.314 e. The Kier molecular flexibility index (Phi) is 9.36. The number of hydrogen-bond acceptors (Lipinski definition) is 2. The molecule has 0 saturated carbocycles. The van der Waals surface area contributed by atoms with Crippen molar-refractivity contribution in [2.45, 2.75) is 41.2 Å². The van der Waals surface area contributed by atoms with Gasteiger partial charge in [0.1, 0.15) is 0 Å². The van der Waals surface area contributed by atoms with Crippen molar-refractivity contribution in [2.75, 3.05) is 26.2 Å². The second-order valence-corrected chi connectivity index (χ2v) is 5.98. The molecule has 1 fully saturated rings. The maximum absolute atomic E-state index is 4.02. The van der Waals surface area contributed by atoms with Crippen LogP contribution in [0.25, 0.3) is 5.57 Å².